The first-order valence-electron chi connectivity index (χ1n) is 5.24. The average Bonchev–Trinajstić information content (AvgIpc) is 2.14. The molecule has 1 fully saturated rings. The van der Waals surface area contributed by atoms with Crippen LogP contribution in [0.2, 0.25) is 0 Å². The Hall–Kier alpha value is -1.40. The van der Waals surface area contributed by atoms with E-state index in [1.165, 1.54) is 12.1 Å². The monoisotopic (exact) mass is 255 g/mol. The van der Waals surface area contributed by atoms with Gasteiger partial charge in [-0.25, -0.2) is 8.42 Å². The van der Waals surface area contributed by atoms with E-state index >= 15 is 0 Å². The first kappa shape index (κ1) is 12.1. The molecule has 0 spiro atoms. The Bertz CT molecular complexity index is 535. The normalized spacial score (nSPS) is 20.9. The summed E-state index contributed by atoms with van der Waals surface area (Å²) in [4.78, 5) is 11.0. The lowest BCUT2D eigenvalue weighted by molar-refractivity contribution is -0.144. The number of aryl methyl sites for hydroxylation is 1. The highest BCUT2D eigenvalue weighted by molar-refractivity contribution is 7.89. The third-order valence-corrected chi connectivity index (χ3v) is 4.81. The molecule has 0 amide bonds. The van der Waals surface area contributed by atoms with E-state index in [4.69, 9.17) is 5.11 Å². The van der Waals surface area contributed by atoms with Crippen molar-refractivity contribution in [3.63, 3.8) is 0 Å². The van der Waals surface area contributed by atoms with Crippen molar-refractivity contribution >= 4 is 16.0 Å². The number of aliphatic carboxylic acids is 1. The Labute approximate surface area is 99.7 Å². The summed E-state index contributed by atoms with van der Waals surface area (Å²) in [5.74, 6) is -1.09. The molecule has 6 heteroatoms. The van der Waals surface area contributed by atoms with Gasteiger partial charge in [-0.2, -0.15) is 4.31 Å². The summed E-state index contributed by atoms with van der Waals surface area (Å²) in [5.41, 5.74) is 0.961. The standard InChI is InChI=1S/C11H13NO4S/c1-8-2-4-9(5-3-8)17(15,16)12-7-6-10(12)11(13)14/h2-5,10H,6-7H2,1H3,(H,13,14)/t10-/m0/s1. The zero-order valence-electron chi connectivity index (χ0n) is 9.33. The zero-order valence-corrected chi connectivity index (χ0v) is 10.1. The summed E-state index contributed by atoms with van der Waals surface area (Å²) in [6, 6.07) is 5.48. The predicted molar refractivity (Wildman–Crippen MR) is 61.1 cm³/mol. The smallest absolute Gasteiger partial charge is 0.322 e. The molecule has 0 aromatic heterocycles. The highest BCUT2D eigenvalue weighted by Crippen LogP contribution is 2.27. The van der Waals surface area contributed by atoms with Crippen LogP contribution in [-0.2, 0) is 14.8 Å². The van der Waals surface area contributed by atoms with Gasteiger partial charge in [-0.3, -0.25) is 4.79 Å². The van der Waals surface area contributed by atoms with Gasteiger partial charge in [-0.05, 0) is 25.5 Å². The lowest BCUT2D eigenvalue weighted by atomic mass is 10.1. The lowest BCUT2D eigenvalue weighted by Gasteiger charge is -2.36. The van der Waals surface area contributed by atoms with E-state index in [-0.39, 0.29) is 11.4 Å². The number of carbonyl (C=O) groups is 1. The van der Waals surface area contributed by atoms with Gasteiger partial charge in [0, 0.05) is 6.54 Å². The Morgan fingerprint density at radius 3 is 2.35 bits per heavy atom. The Kier molecular flexibility index (Phi) is 2.92. The maximum absolute atomic E-state index is 12.1. The van der Waals surface area contributed by atoms with Gasteiger partial charge in [0.25, 0.3) is 0 Å². The van der Waals surface area contributed by atoms with E-state index in [0.29, 0.717) is 6.42 Å². The van der Waals surface area contributed by atoms with Crippen LogP contribution in [0.1, 0.15) is 12.0 Å². The van der Waals surface area contributed by atoms with Gasteiger partial charge in [0.2, 0.25) is 10.0 Å². The second kappa shape index (κ2) is 4.12. The van der Waals surface area contributed by atoms with E-state index in [9.17, 15) is 13.2 Å². The van der Waals surface area contributed by atoms with E-state index in [0.717, 1.165) is 9.87 Å². The predicted octanol–water partition coefficient (Wildman–Crippen LogP) is 0.843. The minimum Gasteiger partial charge on any atom is -0.480 e. The minimum absolute atomic E-state index is 0.147. The third-order valence-electron chi connectivity index (χ3n) is 2.88. The molecule has 1 N–H and O–H groups in total. The molecule has 1 heterocycles. The van der Waals surface area contributed by atoms with Crippen molar-refractivity contribution in [3.05, 3.63) is 29.8 Å². The first-order valence-corrected chi connectivity index (χ1v) is 6.68. The molecule has 2 rings (SSSR count). The summed E-state index contributed by atoms with van der Waals surface area (Å²) in [6.07, 6.45) is 0.375. The molecule has 1 aromatic carbocycles. The van der Waals surface area contributed by atoms with Crippen LogP contribution in [0.25, 0.3) is 0 Å². The van der Waals surface area contributed by atoms with Gasteiger partial charge in [-0.15, -0.1) is 0 Å². The molecule has 0 unspecified atom stereocenters. The second-order valence-corrected chi connectivity index (χ2v) is 5.96. The minimum atomic E-state index is -3.66. The van der Waals surface area contributed by atoms with Gasteiger partial charge in [0.15, 0.2) is 0 Å². The number of rotatable bonds is 3. The van der Waals surface area contributed by atoms with Gasteiger partial charge in [0.1, 0.15) is 6.04 Å². The van der Waals surface area contributed by atoms with E-state index in [2.05, 4.69) is 0 Å². The summed E-state index contributed by atoms with van der Waals surface area (Å²) in [6.45, 7) is 2.13. The SMILES string of the molecule is Cc1ccc(S(=O)(=O)N2CC[C@H]2C(=O)O)cc1. The van der Waals surface area contributed by atoms with Crippen molar-refractivity contribution in [2.75, 3.05) is 6.54 Å². The fraction of sp³-hybridized carbons (Fsp3) is 0.364. The molecule has 1 saturated heterocycles. The molecule has 5 nitrogen and oxygen atoms in total. The van der Waals surface area contributed by atoms with Crippen molar-refractivity contribution in [1.29, 1.82) is 0 Å². The average molecular weight is 255 g/mol. The Morgan fingerprint density at radius 2 is 1.94 bits per heavy atom. The van der Waals surface area contributed by atoms with Crippen LogP contribution in [0.3, 0.4) is 0 Å². The highest BCUT2D eigenvalue weighted by Gasteiger charge is 2.42. The summed E-state index contributed by atoms with van der Waals surface area (Å²) < 4.78 is 25.2. The van der Waals surface area contributed by atoms with Crippen molar-refractivity contribution < 1.29 is 18.3 Å². The van der Waals surface area contributed by atoms with Crippen molar-refractivity contribution in [2.45, 2.75) is 24.3 Å². The first-order chi connectivity index (χ1) is 7.93. The van der Waals surface area contributed by atoms with Crippen LogP contribution in [0.15, 0.2) is 29.2 Å². The molecule has 0 radical (unpaired) electrons. The maximum atomic E-state index is 12.1. The molecule has 17 heavy (non-hydrogen) atoms. The second-order valence-electron chi connectivity index (χ2n) is 4.07. The topological polar surface area (TPSA) is 74.7 Å². The van der Waals surface area contributed by atoms with Gasteiger partial charge >= 0.3 is 5.97 Å². The molecule has 0 bridgehead atoms. The van der Waals surface area contributed by atoms with Gasteiger partial charge < -0.3 is 5.11 Å². The molecule has 1 aliphatic heterocycles. The molecule has 1 aromatic rings. The highest BCUT2D eigenvalue weighted by atomic mass is 32.2. The molecule has 1 aliphatic rings. The number of carboxylic acids is 1. The summed E-state index contributed by atoms with van der Waals surface area (Å²) in [7, 11) is -3.66. The van der Waals surface area contributed by atoms with Crippen LogP contribution in [0, 0.1) is 6.92 Å². The van der Waals surface area contributed by atoms with Crippen LogP contribution < -0.4 is 0 Å². The molecule has 0 saturated carbocycles. The number of sulfonamides is 1. The largest absolute Gasteiger partial charge is 0.480 e. The number of nitrogens with zero attached hydrogens (tertiary/aromatic N) is 1. The van der Waals surface area contributed by atoms with E-state index in [1.807, 2.05) is 6.92 Å². The Morgan fingerprint density at radius 1 is 1.35 bits per heavy atom. The molecule has 0 aliphatic carbocycles. The van der Waals surface area contributed by atoms with E-state index in [1.54, 1.807) is 12.1 Å². The fourth-order valence-electron chi connectivity index (χ4n) is 1.74. The van der Waals surface area contributed by atoms with Crippen LogP contribution >= 0.6 is 0 Å². The van der Waals surface area contributed by atoms with Crippen LogP contribution in [0.5, 0.6) is 0 Å². The maximum Gasteiger partial charge on any atom is 0.322 e. The van der Waals surface area contributed by atoms with Crippen molar-refractivity contribution in [1.82, 2.24) is 4.31 Å². The van der Waals surface area contributed by atoms with Gasteiger partial charge in [0.05, 0.1) is 4.90 Å². The Balaban J connectivity index is 2.31. The van der Waals surface area contributed by atoms with E-state index < -0.39 is 22.0 Å². The van der Waals surface area contributed by atoms with Crippen molar-refractivity contribution in [3.8, 4) is 0 Å². The summed E-state index contributed by atoms with van der Waals surface area (Å²) >= 11 is 0. The van der Waals surface area contributed by atoms with Crippen molar-refractivity contribution in [2.24, 2.45) is 0 Å². The molecular formula is C11H13NO4S. The quantitative estimate of drug-likeness (QED) is 0.868. The number of carboxylic acid groups (broad SMARTS) is 1. The number of hydrogen-bond donors (Lipinski definition) is 1. The summed E-state index contributed by atoms with van der Waals surface area (Å²) in [5, 5.41) is 8.85. The molecule has 1 atom stereocenters. The van der Waals surface area contributed by atoms with Crippen LogP contribution in [-0.4, -0.2) is 36.4 Å². The fourth-order valence-corrected chi connectivity index (χ4v) is 3.37. The van der Waals surface area contributed by atoms with Crippen LogP contribution in [0.4, 0.5) is 0 Å². The third kappa shape index (κ3) is 2.05. The zero-order chi connectivity index (χ0) is 12.6. The molecular weight excluding hydrogens is 242 g/mol. The lowest BCUT2D eigenvalue weighted by Crippen LogP contribution is -2.54. The van der Waals surface area contributed by atoms with Gasteiger partial charge in [-0.1, -0.05) is 17.7 Å². The number of hydrogen-bond acceptors (Lipinski definition) is 3. The molecule has 92 valence electrons. The number of benzene rings is 1.